The number of methoxy groups -OCH3 is 1. The van der Waals surface area contributed by atoms with Crippen molar-refractivity contribution in [3.05, 3.63) is 82.5 Å². The zero-order chi connectivity index (χ0) is 22.1. The Morgan fingerprint density at radius 3 is 2.33 bits per heavy atom. The van der Waals surface area contributed by atoms with Crippen molar-refractivity contribution in [1.82, 2.24) is 0 Å². The molecule has 0 bridgehead atoms. The van der Waals surface area contributed by atoms with Crippen LogP contribution in [0.15, 0.2) is 65.8 Å². The molecule has 0 unspecified atom stereocenters. The Labute approximate surface area is 178 Å². The highest BCUT2D eigenvalue weighted by Gasteiger charge is 2.16. The van der Waals surface area contributed by atoms with E-state index in [2.05, 4.69) is 32.9 Å². The third-order valence-electron chi connectivity index (χ3n) is 4.79. The van der Waals surface area contributed by atoms with Crippen LogP contribution in [0.5, 0.6) is 17.2 Å². The Morgan fingerprint density at radius 1 is 1.00 bits per heavy atom. The molecule has 2 N–H and O–H groups in total. The van der Waals surface area contributed by atoms with E-state index in [0.29, 0.717) is 17.7 Å². The van der Waals surface area contributed by atoms with Crippen LogP contribution in [0.3, 0.4) is 0 Å². The molecule has 30 heavy (non-hydrogen) atoms. The first-order valence-corrected chi connectivity index (χ1v) is 10.0. The smallest absolute Gasteiger partial charge is 0.189 e. The summed E-state index contributed by atoms with van der Waals surface area (Å²) >= 11 is 0. The molecule has 0 fully saturated rings. The van der Waals surface area contributed by atoms with E-state index in [1.54, 1.807) is 49.6 Å². The van der Waals surface area contributed by atoms with Gasteiger partial charge in [0.1, 0.15) is 17.2 Å². The summed E-state index contributed by atoms with van der Waals surface area (Å²) in [6, 6.07) is 9.82. The van der Waals surface area contributed by atoms with Crippen molar-refractivity contribution in [2.75, 3.05) is 7.11 Å². The van der Waals surface area contributed by atoms with Crippen molar-refractivity contribution >= 4 is 11.9 Å². The van der Waals surface area contributed by atoms with Gasteiger partial charge in [0, 0.05) is 5.56 Å². The van der Waals surface area contributed by atoms with Crippen molar-refractivity contribution in [2.24, 2.45) is 0 Å². The van der Waals surface area contributed by atoms with Gasteiger partial charge in [-0.1, -0.05) is 41.5 Å². The summed E-state index contributed by atoms with van der Waals surface area (Å²) < 4.78 is 5.39. The molecule has 0 aliphatic carbocycles. The van der Waals surface area contributed by atoms with E-state index in [-0.39, 0.29) is 22.8 Å². The number of benzene rings is 2. The van der Waals surface area contributed by atoms with Crippen LogP contribution in [0.4, 0.5) is 0 Å². The number of carbonyl (C=O) groups excluding carboxylic acids is 1. The van der Waals surface area contributed by atoms with Gasteiger partial charge in [0.05, 0.1) is 12.7 Å². The molecule has 0 amide bonds. The monoisotopic (exact) mass is 406 g/mol. The van der Waals surface area contributed by atoms with Gasteiger partial charge in [-0.3, -0.25) is 4.79 Å². The maximum absolute atomic E-state index is 12.6. The number of ether oxygens (including phenoxy) is 1. The second-order valence-electron chi connectivity index (χ2n) is 7.51. The number of phenolic OH excluding ortho intramolecular Hbond substituents is 2. The van der Waals surface area contributed by atoms with Crippen LogP contribution in [-0.4, -0.2) is 23.1 Å². The van der Waals surface area contributed by atoms with E-state index in [1.807, 2.05) is 0 Å². The Kier molecular flexibility index (Phi) is 8.48. The molecule has 0 aromatic heterocycles. The molecule has 0 saturated heterocycles. The number of phenols is 2. The molecular weight excluding hydrogens is 376 g/mol. The van der Waals surface area contributed by atoms with E-state index >= 15 is 0 Å². The lowest BCUT2D eigenvalue weighted by Crippen LogP contribution is -2.00. The SMILES string of the molecule is COc1ccc(C(=O)/C=C/c2ccc(O)cc2)c(O)c1C/C=C(\C)CCC=C(C)C. The first-order chi connectivity index (χ1) is 14.3. The molecule has 0 saturated carbocycles. The van der Waals surface area contributed by atoms with Crippen molar-refractivity contribution in [2.45, 2.75) is 40.0 Å². The minimum Gasteiger partial charge on any atom is -0.508 e. The molecule has 158 valence electrons. The number of ketones is 1. The second-order valence-corrected chi connectivity index (χ2v) is 7.51. The highest BCUT2D eigenvalue weighted by Crippen LogP contribution is 2.33. The molecule has 4 heteroatoms. The van der Waals surface area contributed by atoms with Crippen LogP contribution in [0.1, 0.15) is 55.1 Å². The minimum atomic E-state index is -0.297. The van der Waals surface area contributed by atoms with Crippen molar-refractivity contribution in [3.8, 4) is 17.2 Å². The van der Waals surface area contributed by atoms with Crippen LogP contribution >= 0.6 is 0 Å². The molecule has 4 nitrogen and oxygen atoms in total. The number of hydrogen-bond acceptors (Lipinski definition) is 4. The van der Waals surface area contributed by atoms with Gasteiger partial charge in [-0.2, -0.15) is 0 Å². The fraction of sp³-hybridized carbons (Fsp3) is 0.269. The summed E-state index contributed by atoms with van der Waals surface area (Å²) in [5.74, 6) is 0.372. The Balaban J connectivity index is 2.21. The zero-order valence-corrected chi connectivity index (χ0v) is 18.1. The summed E-state index contributed by atoms with van der Waals surface area (Å²) in [6.07, 6.45) is 9.75. The molecule has 0 heterocycles. The summed E-state index contributed by atoms with van der Waals surface area (Å²) in [4.78, 5) is 12.6. The average Bonchev–Trinajstić information content (AvgIpc) is 2.71. The Morgan fingerprint density at radius 2 is 1.70 bits per heavy atom. The van der Waals surface area contributed by atoms with Gasteiger partial charge in [0.15, 0.2) is 5.78 Å². The van der Waals surface area contributed by atoms with Gasteiger partial charge in [-0.25, -0.2) is 0 Å². The van der Waals surface area contributed by atoms with Crippen molar-refractivity contribution in [1.29, 1.82) is 0 Å². The van der Waals surface area contributed by atoms with Crippen LogP contribution < -0.4 is 4.74 Å². The first kappa shape index (κ1) is 23.0. The molecule has 0 radical (unpaired) electrons. The maximum atomic E-state index is 12.6. The van der Waals surface area contributed by atoms with Crippen LogP contribution in [0.2, 0.25) is 0 Å². The first-order valence-electron chi connectivity index (χ1n) is 10.0. The largest absolute Gasteiger partial charge is 0.508 e. The lowest BCUT2D eigenvalue weighted by molar-refractivity contribution is 0.104. The zero-order valence-electron chi connectivity index (χ0n) is 18.1. The normalized spacial score (nSPS) is 11.5. The predicted molar refractivity (Wildman–Crippen MR) is 122 cm³/mol. The maximum Gasteiger partial charge on any atom is 0.189 e. The predicted octanol–water partition coefficient (Wildman–Crippen LogP) is 6.24. The fourth-order valence-electron chi connectivity index (χ4n) is 3.02. The third kappa shape index (κ3) is 6.66. The molecule has 0 atom stereocenters. The van der Waals surface area contributed by atoms with Gasteiger partial charge in [-0.15, -0.1) is 0 Å². The number of aromatic hydroxyl groups is 2. The van der Waals surface area contributed by atoms with E-state index < -0.39 is 0 Å². The van der Waals surface area contributed by atoms with Gasteiger partial charge in [0.25, 0.3) is 0 Å². The van der Waals surface area contributed by atoms with Gasteiger partial charge in [0.2, 0.25) is 0 Å². The highest BCUT2D eigenvalue weighted by atomic mass is 16.5. The summed E-state index contributed by atoms with van der Waals surface area (Å²) in [6.45, 7) is 6.24. The second kappa shape index (κ2) is 11.1. The minimum absolute atomic E-state index is 0.0527. The quantitative estimate of drug-likeness (QED) is 0.294. The standard InChI is InChI=1S/C26H30O4/c1-18(2)6-5-7-19(3)8-14-23-25(30-4)17-15-22(26(23)29)24(28)16-11-20-9-12-21(27)13-10-20/h6,8-13,15-17,27,29H,5,7,14H2,1-4H3/b16-11+,19-8+. The number of rotatable bonds is 9. The van der Waals surface area contributed by atoms with E-state index in [0.717, 1.165) is 18.4 Å². The fourth-order valence-corrected chi connectivity index (χ4v) is 3.02. The number of allylic oxidation sites excluding steroid dienone is 5. The van der Waals surface area contributed by atoms with Crippen LogP contribution in [-0.2, 0) is 6.42 Å². The molecule has 0 spiro atoms. The lowest BCUT2D eigenvalue weighted by atomic mass is 9.99. The van der Waals surface area contributed by atoms with Crippen molar-refractivity contribution < 1.29 is 19.7 Å². The van der Waals surface area contributed by atoms with E-state index in [1.165, 1.54) is 17.2 Å². The van der Waals surface area contributed by atoms with Crippen LogP contribution in [0, 0.1) is 0 Å². The van der Waals surface area contributed by atoms with E-state index in [9.17, 15) is 15.0 Å². The molecule has 2 rings (SSSR count). The molecule has 0 aliphatic rings. The Bertz CT molecular complexity index is 959. The summed E-state index contributed by atoms with van der Waals surface area (Å²) in [7, 11) is 1.55. The van der Waals surface area contributed by atoms with Gasteiger partial charge in [-0.05, 0) is 75.9 Å². The number of hydrogen-bond donors (Lipinski definition) is 2. The lowest BCUT2D eigenvalue weighted by Gasteiger charge is -2.12. The topological polar surface area (TPSA) is 66.8 Å². The van der Waals surface area contributed by atoms with Gasteiger partial charge < -0.3 is 14.9 Å². The van der Waals surface area contributed by atoms with E-state index in [4.69, 9.17) is 4.74 Å². The highest BCUT2D eigenvalue weighted by molar-refractivity contribution is 6.09. The third-order valence-corrected chi connectivity index (χ3v) is 4.79. The molecule has 0 aliphatic heterocycles. The Hall–Kier alpha value is -3.27. The number of carbonyl (C=O) groups is 1. The van der Waals surface area contributed by atoms with Gasteiger partial charge >= 0.3 is 0 Å². The average molecular weight is 407 g/mol. The van der Waals surface area contributed by atoms with Crippen LogP contribution in [0.25, 0.3) is 6.08 Å². The summed E-state index contributed by atoms with van der Waals surface area (Å²) in [5.41, 5.74) is 4.13. The van der Waals surface area contributed by atoms with Crippen molar-refractivity contribution in [3.63, 3.8) is 0 Å². The summed E-state index contributed by atoms with van der Waals surface area (Å²) in [5, 5.41) is 20.1. The molecular formula is C26H30O4. The molecule has 2 aromatic carbocycles. The molecule has 2 aromatic rings.